The molecule has 1 N–H and O–H groups in total. The zero-order valence-electron chi connectivity index (χ0n) is 10.5. The van der Waals surface area contributed by atoms with Gasteiger partial charge in [0.2, 0.25) is 0 Å². The van der Waals surface area contributed by atoms with E-state index in [0.717, 1.165) is 11.1 Å². The Kier molecular flexibility index (Phi) is 3.87. The van der Waals surface area contributed by atoms with Crippen molar-refractivity contribution < 1.29 is 9.84 Å². The second kappa shape index (κ2) is 4.64. The SMILES string of the molecule is COc1c(Cl)cc(C(C)(C)O)cc1C(C)C. The molecule has 3 heteroatoms. The first-order valence-electron chi connectivity index (χ1n) is 5.37. The summed E-state index contributed by atoms with van der Waals surface area (Å²) in [4.78, 5) is 0. The molecule has 90 valence electrons. The van der Waals surface area contributed by atoms with Gasteiger partial charge in [0.25, 0.3) is 0 Å². The topological polar surface area (TPSA) is 29.5 Å². The molecule has 0 radical (unpaired) electrons. The van der Waals surface area contributed by atoms with Crippen molar-refractivity contribution in [3.05, 3.63) is 28.3 Å². The molecule has 0 aromatic heterocycles. The fourth-order valence-corrected chi connectivity index (χ4v) is 1.92. The van der Waals surface area contributed by atoms with Gasteiger partial charge in [-0.1, -0.05) is 25.4 Å². The maximum atomic E-state index is 9.98. The number of methoxy groups -OCH3 is 1. The second-order valence-electron chi connectivity index (χ2n) is 4.79. The zero-order chi connectivity index (χ0) is 12.5. The van der Waals surface area contributed by atoms with Crippen LogP contribution in [-0.2, 0) is 5.60 Å². The van der Waals surface area contributed by atoms with E-state index < -0.39 is 5.60 Å². The van der Waals surface area contributed by atoms with Crippen LogP contribution in [0.2, 0.25) is 5.02 Å². The predicted octanol–water partition coefficient (Wildman–Crippen LogP) is 3.70. The average molecular weight is 243 g/mol. The molecule has 0 fully saturated rings. The first-order chi connectivity index (χ1) is 7.27. The van der Waals surface area contributed by atoms with Crippen LogP contribution in [0.1, 0.15) is 44.7 Å². The Balaban J connectivity index is 3.40. The molecular formula is C13H19ClO2. The van der Waals surface area contributed by atoms with Crippen LogP contribution in [0.5, 0.6) is 5.75 Å². The molecule has 0 aliphatic heterocycles. The molecule has 0 saturated heterocycles. The van der Waals surface area contributed by atoms with Gasteiger partial charge in [0, 0.05) is 0 Å². The van der Waals surface area contributed by atoms with E-state index in [2.05, 4.69) is 13.8 Å². The monoisotopic (exact) mass is 242 g/mol. The first-order valence-corrected chi connectivity index (χ1v) is 5.75. The highest BCUT2D eigenvalue weighted by molar-refractivity contribution is 6.32. The highest BCUT2D eigenvalue weighted by Crippen LogP contribution is 2.37. The summed E-state index contributed by atoms with van der Waals surface area (Å²) < 4.78 is 5.29. The maximum Gasteiger partial charge on any atom is 0.140 e. The molecule has 1 rings (SSSR count). The third kappa shape index (κ3) is 2.69. The van der Waals surface area contributed by atoms with Gasteiger partial charge in [-0.25, -0.2) is 0 Å². The Morgan fingerprint density at radius 2 is 1.88 bits per heavy atom. The molecule has 2 nitrogen and oxygen atoms in total. The summed E-state index contributed by atoms with van der Waals surface area (Å²) in [6.45, 7) is 7.63. The molecule has 0 heterocycles. The third-order valence-electron chi connectivity index (χ3n) is 2.60. The van der Waals surface area contributed by atoms with Crippen molar-refractivity contribution in [3.8, 4) is 5.75 Å². The van der Waals surface area contributed by atoms with E-state index in [9.17, 15) is 5.11 Å². The zero-order valence-corrected chi connectivity index (χ0v) is 11.2. The van der Waals surface area contributed by atoms with Gasteiger partial charge in [-0.05, 0) is 43.0 Å². The van der Waals surface area contributed by atoms with Crippen molar-refractivity contribution in [2.45, 2.75) is 39.2 Å². The van der Waals surface area contributed by atoms with Crippen molar-refractivity contribution in [2.75, 3.05) is 7.11 Å². The number of benzene rings is 1. The van der Waals surface area contributed by atoms with Gasteiger partial charge in [-0.3, -0.25) is 0 Å². The summed E-state index contributed by atoms with van der Waals surface area (Å²) in [5.74, 6) is 0.999. The van der Waals surface area contributed by atoms with Crippen molar-refractivity contribution in [3.63, 3.8) is 0 Å². The summed E-state index contributed by atoms with van der Waals surface area (Å²) >= 11 is 6.15. The highest BCUT2D eigenvalue weighted by atomic mass is 35.5. The predicted molar refractivity (Wildman–Crippen MR) is 67.3 cm³/mol. The molecular weight excluding hydrogens is 224 g/mol. The molecule has 0 aliphatic rings. The van der Waals surface area contributed by atoms with Gasteiger partial charge >= 0.3 is 0 Å². The number of hydrogen-bond donors (Lipinski definition) is 1. The highest BCUT2D eigenvalue weighted by Gasteiger charge is 2.21. The minimum absolute atomic E-state index is 0.301. The minimum atomic E-state index is -0.889. The second-order valence-corrected chi connectivity index (χ2v) is 5.20. The van der Waals surface area contributed by atoms with E-state index in [1.54, 1.807) is 27.0 Å². The van der Waals surface area contributed by atoms with Crippen LogP contribution in [-0.4, -0.2) is 12.2 Å². The number of aliphatic hydroxyl groups is 1. The van der Waals surface area contributed by atoms with Crippen molar-refractivity contribution in [2.24, 2.45) is 0 Å². The van der Waals surface area contributed by atoms with Crippen molar-refractivity contribution in [1.82, 2.24) is 0 Å². The van der Waals surface area contributed by atoms with Crippen LogP contribution in [0.25, 0.3) is 0 Å². The van der Waals surface area contributed by atoms with Crippen molar-refractivity contribution in [1.29, 1.82) is 0 Å². The van der Waals surface area contributed by atoms with Crippen molar-refractivity contribution >= 4 is 11.6 Å². The van der Waals surface area contributed by atoms with Gasteiger partial charge in [0.05, 0.1) is 17.7 Å². The average Bonchev–Trinajstić information content (AvgIpc) is 2.14. The third-order valence-corrected chi connectivity index (χ3v) is 2.89. The van der Waals surface area contributed by atoms with Crippen LogP contribution in [0.3, 0.4) is 0 Å². The van der Waals surface area contributed by atoms with Crippen LogP contribution in [0, 0.1) is 0 Å². The normalized spacial score (nSPS) is 12.0. The molecule has 0 aliphatic carbocycles. The summed E-state index contributed by atoms with van der Waals surface area (Å²) in [6.07, 6.45) is 0. The van der Waals surface area contributed by atoms with Crippen LogP contribution in [0.15, 0.2) is 12.1 Å². The van der Waals surface area contributed by atoms with E-state index in [1.807, 2.05) is 6.07 Å². The Hall–Kier alpha value is -0.730. The molecule has 1 aromatic carbocycles. The number of ether oxygens (including phenoxy) is 1. The van der Waals surface area contributed by atoms with Crippen LogP contribution >= 0.6 is 11.6 Å². The fraction of sp³-hybridized carbons (Fsp3) is 0.538. The van der Waals surface area contributed by atoms with E-state index in [4.69, 9.17) is 16.3 Å². The quantitative estimate of drug-likeness (QED) is 0.876. The summed E-state index contributed by atoms with van der Waals surface area (Å²) in [6, 6.07) is 3.71. The Labute approximate surface area is 102 Å². The Morgan fingerprint density at radius 1 is 1.31 bits per heavy atom. The summed E-state index contributed by atoms with van der Waals surface area (Å²) in [5.41, 5.74) is 0.939. The lowest BCUT2D eigenvalue weighted by Gasteiger charge is -2.22. The number of hydrogen-bond acceptors (Lipinski definition) is 2. The Bertz CT molecular complexity index is 378. The molecule has 0 saturated carbocycles. The van der Waals surface area contributed by atoms with Gasteiger partial charge in [0.15, 0.2) is 0 Å². The van der Waals surface area contributed by atoms with Gasteiger partial charge in [0.1, 0.15) is 5.75 Å². The van der Waals surface area contributed by atoms with Gasteiger partial charge in [-0.15, -0.1) is 0 Å². The van der Waals surface area contributed by atoms with Crippen LogP contribution in [0.4, 0.5) is 0 Å². The van der Waals surface area contributed by atoms with Crippen LogP contribution < -0.4 is 4.74 Å². The smallest absolute Gasteiger partial charge is 0.140 e. The van der Waals surface area contributed by atoms with Gasteiger partial charge < -0.3 is 9.84 Å². The molecule has 0 atom stereocenters. The fourth-order valence-electron chi connectivity index (χ4n) is 1.61. The van der Waals surface area contributed by atoms with E-state index in [-0.39, 0.29) is 0 Å². The number of rotatable bonds is 3. The van der Waals surface area contributed by atoms with E-state index in [0.29, 0.717) is 16.7 Å². The maximum absolute atomic E-state index is 9.98. The molecule has 0 amide bonds. The number of halogens is 1. The summed E-state index contributed by atoms with van der Waals surface area (Å²) in [7, 11) is 1.61. The molecule has 0 bridgehead atoms. The van der Waals surface area contributed by atoms with E-state index >= 15 is 0 Å². The lowest BCUT2D eigenvalue weighted by Crippen LogP contribution is -2.16. The lowest BCUT2D eigenvalue weighted by molar-refractivity contribution is 0.0784. The van der Waals surface area contributed by atoms with E-state index in [1.165, 1.54) is 0 Å². The first kappa shape index (κ1) is 13.3. The molecule has 0 unspecified atom stereocenters. The molecule has 0 spiro atoms. The standard InChI is InChI=1S/C13H19ClO2/c1-8(2)10-6-9(13(3,4)15)7-11(14)12(10)16-5/h6-8,15H,1-5H3. The molecule has 1 aromatic rings. The lowest BCUT2D eigenvalue weighted by atomic mass is 9.92. The largest absolute Gasteiger partial charge is 0.495 e. The minimum Gasteiger partial charge on any atom is -0.495 e. The summed E-state index contributed by atoms with van der Waals surface area (Å²) in [5, 5.41) is 10.5. The Morgan fingerprint density at radius 3 is 2.25 bits per heavy atom. The van der Waals surface area contributed by atoms with Gasteiger partial charge in [-0.2, -0.15) is 0 Å². The molecule has 16 heavy (non-hydrogen) atoms.